The molecule has 20 heavy (non-hydrogen) atoms. The molecule has 1 heterocycles. The number of aromatic nitrogens is 1. The Kier molecular flexibility index (Phi) is 4.78. The first-order chi connectivity index (χ1) is 9.45. The van der Waals surface area contributed by atoms with E-state index >= 15 is 0 Å². The largest absolute Gasteiger partial charge is 0.477 e. The number of thiazole rings is 1. The van der Waals surface area contributed by atoms with Gasteiger partial charge in [-0.3, -0.25) is 0 Å². The van der Waals surface area contributed by atoms with E-state index in [-0.39, 0.29) is 0 Å². The van der Waals surface area contributed by atoms with Crippen molar-refractivity contribution < 1.29 is 9.90 Å². The summed E-state index contributed by atoms with van der Waals surface area (Å²) >= 11 is 7.21. The van der Waals surface area contributed by atoms with Gasteiger partial charge in [0.25, 0.3) is 0 Å². The van der Waals surface area contributed by atoms with Gasteiger partial charge in [-0.1, -0.05) is 37.6 Å². The van der Waals surface area contributed by atoms with Crippen LogP contribution in [-0.2, 0) is 12.8 Å². The smallest absolute Gasteiger partial charge is 0.347 e. The van der Waals surface area contributed by atoms with Crippen molar-refractivity contribution in [1.29, 1.82) is 0 Å². The fourth-order valence-electron chi connectivity index (χ4n) is 1.99. The molecule has 0 fully saturated rings. The third-order valence-electron chi connectivity index (χ3n) is 2.78. The van der Waals surface area contributed by atoms with E-state index in [0.717, 1.165) is 10.6 Å². The Bertz CT molecular complexity index is 622. The molecule has 0 bridgehead atoms. The quantitative estimate of drug-likeness (QED) is 0.896. The molecule has 0 saturated carbocycles. The molecule has 0 amide bonds. The summed E-state index contributed by atoms with van der Waals surface area (Å²) in [5, 5.41) is 10.8. The van der Waals surface area contributed by atoms with Crippen molar-refractivity contribution >= 4 is 28.9 Å². The molecule has 106 valence electrons. The molecular formula is C15H16ClNO2S. The van der Waals surface area contributed by atoms with Gasteiger partial charge in [-0.15, -0.1) is 11.3 Å². The lowest BCUT2D eigenvalue weighted by atomic mass is 10.1. The summed E-state index contributed by atoms with van der Waals surface area (Å²) in [4.78, 5) is 16.1. The van der Waals surface area contributed by atoms with Crippen LogP contribution >= 0.6 is 22.9 Å². The Morgan fingerprint density at radius 2 is 2.20 bits per heavy atom. The summed E-state index contributed by atoms with van der Waals surface area (Å²) in [5.41, 5.74) is 1.73. The number of rotatable bonds is 5. The van der Waals surface area contributed by atoms with Gasteiger partial charge in [0.15, 0.2) is 0 Å². The lowest BCUT2D eigenvalue weighted by Gasteiger charge is -2.01. The van der Waals surface area contributed by atoms with Gasteiger partial charge >= 0.3 is 5.97 Å². The van der Waals surface area contributed by atoms with Crippen LogP contribution in [0.4, 0.5) is 0 Å². The lowest BCUT2D eigenvalue weighted by molar-refractivity contribution is 0.0700. The van der Waals surface area contributed by atoms with E-state index in [0.29, 0.717) is 34.4 Å². The first kappa shape index (κ1) is 15.0. The van der Waals surface area contributed by atoms with E-state index in [1.165, 1.54) is 11.3 Å². The van der Waals surface area contributed by atoms with E-state index in [4.69, 9.17) is 11.6 Å². The standard InChI is InChI=1S/C15H16ClNO2S/c1-9(2)6-12-14(15(18)19)20-13(17-12)8-10-4-3-5-11(16)7-10/h3-5,7,9H,6,8H2,1-2H3,(H,18,19). The zero-order valence-corrected chi connectivity index (χ0v) is 13.0. The van der Waals surface area contributed by atoms with E-state index in [1.807, 2.05) is 24.3 Å². The van der Waals surface area contributed by atoms with Crippen molar-refractivity contribution in [1.82, 2.24) is 4.98 Å². The summed E-state index contributed by atoms with van der Waals surface area (Å²) in [6.45, 7) is 4.11. The average molecular weight is 310 g/mol. The normalized spacial score (nSPS) is 11.0. The van der Waals surface area contributed by atoms with Gasteiger partial charge in [0.2, 0.25) is 0 Å². The highest BCUT2D eigenvalue weighted by Gasteiger charge is 2.18. The van der Waals surface area contributed by atoms with Crippen LogP contribution < -0.4 is 0 Å². The minimum Gasteiger partial charge on any atom is -0.477 e. The van der Waals surface area contributed by atoms with E-state index in [2.05, 4.69) is 18.8 Å². The summed E-state index contributed by atoms with van der Waals surface area (Å²) in [7, 11) is 0. The Labute approximate surface area is 127 Å². The third kappa shape index (κ3) is 3.81. The summed E-state index contributed by atoms with van der Waals surface area (Å²) < 4.78 is 0. The monoisotopic (exact) mass is 309 g/mol. The maximum absolute atomic E-state index is 11.3. The Morgan fingerprint density at radius 1 is 1.45 bits per heavy atom. The Hall–Kier alpha value is -1.39. The summed E-state index contributed by atoms with van der Waals surface area (Å²) in [6.07, 6.45) is 1.30. The van der Waals surface area contributed by atoms with Crippen LogP contribution in [0.15, 0.2) is 24.3 Å². The third-order valence-corrected chi connectivity index (χ3v) is 4.10. The number of carboxylic acid groups (broad SMARTS) is 1. The van der Waals surface area contributed by atoms with Crippen LogP contribution in [0.3, 0.4) is 0 Å². The number of aromatic carboxylic acids is 1. The Balaban J connectivity index is 2.26. The summed E-state index contributed by atoms with van der Waals surface area (Å²) in [5.74, 6) is -0.510. The molecular weight excluding hydrogens is 294 g/mol. The number of halogens is 1. The van der Waals surface area contributed by atoms with Crippen molar-refractivity contribution in [2.24, 2.45) is 5.92 Å². The molecule has 0 aliphatic rings. The molecule has 1 aromatic heterocycles. The van der Waals surface area contributed by atoms with Gasteiger partial charge in [0.1, 0.15) is 4.88 Å². The van der Waals surface area contributed by atoms with Gasteiger partial charge in [0, 0.05) is 11.4 Å². The van der Waals surface area contributed by atoms with Gasteiger partial charge in [-0.2, -0.15) is 0 Å². The minimum atomic E-state index is -0.893. The topological polar surface area (TPSA) is 50.2 Å². The highest BCUT2D eigenvalue weighted by atomic mass is 35.5. The van der Waals surface area contributed by atoms with Crippen molar-refractivity contribution in [2.45, 2.75) is 26.7 Å². The lowest BCUT2D eigenvalue weighted by Crippen LogP contribution is -2.02. The molecule has 0 aliphatic carbocycles. The molecule has 5 heteroatoms. The minimum absolute atomic E-state index is 0.357. The fourth-order valence-corrected chi connectivity index (χ4v) is 3.17. The zero-order chi connectivity index (χ0) is 14.7. The molecule has 0 saturated heterocycles. The number of hydrogen-bond donors (Lipinski definition) is 1. The molecule has 1 aromatic carbocycles. The van der Waals surface area contributed by atoms with Gasteiger partial charge < -0.3 is 5.11 Å². The van der Waals surface area contributed by atoms with Crippen LogP contribution in [0.25, 0.3) is 0 Å². The van der Waals surface area contributed by atoms with Gasteiger partial charge in [-0.05, 0) is 30.0 Å². The molecule has 2 aromatic rings. The number of nitrogens with zero attached hydrogens (tertiary/aromatic N) is 1. The molecule has 1 N–H and O–H groups in total. The second kappa shape index (κ2) is 6.37. The molecule has 0 aliphatic heterocycles. The SMILES string of the molecule is CC(C)Cc1nc(Cc2cccc(Cl)c2)sc1C(=O)O. The maximum Gasteiger partial charge on any atom is 0.347 e. The molecule has 3 nitrogen and oxygen atoms in total. The van der Waals surface area contributed by atoms with Crippen LogP contribution in [0.2, 0.25) is 5.02 Å². The molecule has 0 spiro atoms. The summed E-state index contributed by atoms with van der Waals surface area (Å²) in [6, 6.07) is 7.56. The molecule has 0 unspecified atom stereocenters. The molecule has 0 radical (unpaired) electrons. The highest BCUT2D eigenvalue weighted by molar-refractivity contribution is 7.13. The second-order valence-electron chi connectivity index (χ2n) is 5.09. The van der Waals surface area contributed by atoms with Crippen molar-refractivity contribution in [3.8, 4) is 0 Å². The maximum atomic E-state index is 11.3. The Morgan fingerprint density at radius 3 is 2.80 bits per heavy atom. The fraction of sp³-hybridized carbons (Fsp3) is 0.333. The second-order valence-corrected chi connectivity index (χ2v) is 6.61. The predicted molar refractivity (Wildman–Crippen MR) is 81.9 cm³/mol. The van der Waals surface area contributed by atoms with Crippen LogP contribution in [-0.4, -0.2) is 16.1 Å². The molecule has 0 atom stereocenters. The van der Waals surface area contributed by atoms with Crippen LogP contribution in [0.1, 0.15) is 39.8 Å². The number of benzene rings is 1. The van der Waals surface area contributed by atoms with E-state index in [9.17, 15) is 9.90 Å². The predicted octanol–water partition coefficient (Wildman–Crippen LogP) is 4.28. The first-order valence-electron chi connectivity index (χ1n) is 6.42. The van der Waals surface area contributed by atoms with Crippen LogP contribution in [0, 0.1) is 5.92 Å². The first-order valence-corrected chi connectivity index (χ1v) is 7.61. The van der Waals surface area contributed by atoms with Gasteiger partial charge in [0.05, 0.1) is 10.7 Å². The van der Waals surface area contributed by atoms with Crippen LogP contribution in [0.5, 0.6) is 0 Å². The number of hydrogen-bond acceptors (Lipinski definition) is 3. The van der Waals surface area contributed by atoms with E-state index < -0.39 is 5.97 Å². The highest BCUT2D eigenvalue weighted by Crippen LogP contribution is 2.24. The van der Waals surface area contributed by atoms with Crippen molar-refractivity contribution in [3.05, 3.63) is 50.4 Å². The van der Waals surface area contributed by atoms with Gasteiger partial charge in [-0.25, -0.2) is 9.78 Å². The number of carboxylic acids is 1. The van der Waals surface area contributed by atoms with E-state index in [1.54, 1.807) is 0 Å². The number of carbonyl (C=O) groups is 1. The average Bonchev–Trinajstić information content (AvgIpc) is 2.71. The van der Waals surface area contributed by atoms with Crippen molar-refractivity contribution in [3.63, 3.8) is 0 Å². The molecule has 2 rings (SSSR count). The van der Waals surface area contributed by atoms with Crippen molar-refractivity contribution in [2.75, 3.05) is 0 Å². The zero-order valence-electron chi connectivity index (χ0n) is 11.4.